The van der Waals surface area contributed by atoms with Gasteiger partial charge in [0.15, 0.2) is 0 Å². The summed E-state index contributed by atoms with van der Waals surface area (Å²) in [6.07, 6.45) is 4.08. The van der Waals surface area contributed by atoms with Crippen molar-refractivity contribution in [2.45, 2.75) is 167 Å². The van der Waals surface area contributed by atoms with Gasteiger partial charge < -0.3 is 23.0 Å². The molecule has 0 unspecified atom stereocenters. The minimum atomic E-state index is -0.226. The first-order valence-corrected chi connectivity index (χ1v) is 23.2. The number of hydrogen-bond donors (Lipinski definition) is 0. The van der Waals surface area contributed by atoms with E-state index in [1.807, 2.05) is 0 Å². The first kappa shape index (κ1) is 53.3. The Morgan fingerprint density at radius 1 is 0.436 bits per heavy atom. The fourth-order valence-electron chi connectivity index (χ4n) is 7.47. The maximum atomic E-state index is 5.12. The molecule has 0 atom stereocenters. The van der Waals surface area contributed by atoms with Gasteiger partial charge in [-0.3, -0.25) is 0 Å². The van der Waals surface area contributed by atoms with Crippen LogP contribution in [0, 0.1) is 55.4 Å². The predicted molar refractivity (Wildman–Crippen MR) is 248 cm³/mol. The zero-order valence-corrected chi connectivity index (χ0v) is 42.0. The number of unbranched alkanes of at least 4 members (excludes halogenated alkanes) is 2. The number of hydrogen-bond acceptors (Lipinski definition) is 0. The van der Waals surface area contributed by atoms with Crippen molar-refractivity contribution < 1.29 is 34.1 Å². The van der Waals surface area contributed by atoms with Gasteiger partial charge in [0.1, 0.15) is 0 Å². The zero-order valence-electron chi connectivity index (χ0n) is 37.9. The van der Waals surface area contributed by atoms with E-state index < -0.39 is 0 Å². The van der Waals surface area contributed by atoms with E-state index in [2.05, 4.69) is 185 Å². The summed E-state index contributed by atoms with van der Waals surface area (Å²) in [7, 11) is -0.452. The molecule has 0 aromatic heterocycles. The van der Waals surface area contributed by atoms with Crippen LogP contribution in [0.4, 0.5) is 22.7 Å². The molecule has 0 spiro atoms. The Morgan fingerprint density at radius 3 is 0.927 bits per heavy atom. The summed E-state index contributed by atoms with van der Waals surface area (Å²) in [6, 6.07) is 22.5. The monoisotopic (exact) mass is 835 g/mol. The van der Waals surface area contributed by atoms with Gasteiger partial charge in [-0.1, -0.05) is 210 Å². The molecule has 301 valence electrons. The maximum Gasteiger partial charge on any atom is 3.00 e. The Hall–Kier alpha value is -1.66. The van der Waals surface area contributed by atoms with Gasteiger partial charge in [0, 0.05) is 0 Å². The van der Waals surface area contributed by atoms with E-state index in [1.54, 1.807) is 0 Å². The molecule has 0 saturated heterocycles. The van der Waals surface area contributed by atoms with E-state index in [-0.39, 0.29) is 50.0 Å². The van der Waals surface area contributed by atoms with Crippen molar-refractivity contribution in [3.63, 3.8) is 0 Å². The van der Waals surface area contributed by atoms with Crippen molar-refractivity contribution in [1.29, 1.82) is 0 Å². The van der Waals surface area contributed by atoms with E-state index >= 15 is 0 Å². The molecule has 4 aromatic rings. The molecule has 0 heterocycles. The quantitative estimate of drug-likeness (QED) is 0.100. The van der Waals surface area contributed by atoms with Crippen LogP contribution in [-0.2, 0) is 21.7 Å². The maximum absolute atomic E-state index is 5.12. The van der Waals surface area contributed by atoms with Gasteiger partial charge in [0.2, 0.25) is 0 Å². The van der Waals surface area contributed by atoms with Crippen LogP contribution in [0.15, 0.2) is 60.7 Å². The van der Waals surface area contributed by atoms with E-state index in [0.717, 1.165) is 22.7 Å². The van der Waals surface area contributed by atoms with Gasteiger partial charge in [-0.2, -0.15) is 0 Å². The minimum absolute atomic E-state index is 0. The summed E-state index contributed by atoms with van der Waals surface area (Å²) in [5.74, 6) is 0. The van der Waals surface area contributed by atoms with E-state index in [0.29, 0.717) is 22.6 Å². The first-order chi connectivity index (χ1) is 24.8. The predicted octanol–water partition coefficient (Wildman–Crippen LogP) is 13.6. The Balaban J connectivity index is 0.000000914. The standard InChI is InChI=1S/2C22H31NP.C5H12.ClH.Ti/c2*1-14(2)24(15(3)4)21-13-16(5)9-10-20(21)23-22-18(7)11-17(6)12-19(22)8;1-3-5-4-2;;/h2*9-15H,1-8H3;3-5H2,1-2H3;1H;/q2*-1;;;+3/p-1. The average molecular weight is 836 g/mol. The summed E-state index contributed by atoms with van der Waals surface area (Å²) in [5.41, 5.74) is 17.5. The molecule has 0 aliphatic carbocycles. The third-order valence-electron chi connectivity index (χ3n) is 9.49. The fraction of sp³-hybridized carbons (Fsp3) is 0.510. The smallest absolute Gasteiger partial charge is 1.00 e. The Kier molecular flexibility index (Phi) is 24.9. The molecule has 6 heteroatoms. The largest absolute Gasteiger partial charge is 3.00 e. The molecular weight excluding hydrogens is 762 g/mol. The van der Waals surface area contributed by atoms with Gasteiger partial charge in [-0.15, -0.1) is 22.7 Å². The Labute approximate surface area is 363 Å². The number of benzene rings is 4. The molecule has 1 radical (unpaired) electrons. The van der Waals surface area contributed by atoms with Gasteiger partial charge >= 0.3 is 21.7 Å². The van der Waals surface area contributed by atoms with Crippen molar-refractivity contribution in [2.75, 3.05) is 0 Å². The van der Waals surface area contributed by atoms with Crippen molar-refractivity contribution >= 4 is 49.2 Å². The molecule has 0 aliphatic heterocycles. The number of halogens is 1. The summed E-state index contributed by atoms with van der Waals surface area (Å²) in [5, 5.41) is 13.2. The summed E-state index contributed by atoms with van der Waals surface area (Å²) < 4.78 is 0. The van der Waals surface area contributed by atoms with E-state index in [1.165, 1.54) is 74.4 Å². The molecule has 0 fully saturated rings. The molecule has 0 N–H and O–H groups in total. The van der Waals surface area contributed by atoms with Crippen molar-refractivity contribution in [1.82, 2.24) is 0 Å². The number of aryl methyl sites for hydroxylation is 8. The first-order valence-electron chi connectivity index (χ1n) is 20.2. The second-order valence-corrected chi connectivity index (χ2v) is 23.0. The molecule has 2 nitrogen and oxygen atoms in total. The summed E-state index contributed by atoms with van der Waals surface area (Å²) >= 11 is 0. The van der Waals surface area contributed by atoms with E-state index in [9.17, 15) is 0 Å². The molecule has 4 aromatic carbocycles. The second-order valence-electron chi connectivity index (χ2n) is 16.2. The van der Waals surface area contributed by atoms with Crippen LogP contribution in [-0.4, -0.2) is 22.6 Å². The molecule has 0 amide bonds. The third kappa shape index (κ3) is 16.3. The third-order valence-corrected chi connectivity index (χ3v) is 15.8. The van der Waals surface area contributed by atoms with Crippen molar-refractivity contribution in [3.8, 4) is 0 Å². The van der Waals surface area contributed by atoms with Gasteiger partial charge in [-0.25, -0.2) is 0 Å². The van der Waals surface area contributed by atoms with Crippen LogP contribution in [0.25, 0.3) is 10.6 Å². The molecule has 0 bridgehead atoms. The van der Waals surface area contributed by atoms with Crippen molar-refractivity contribution in [3.05, 3.63) is 116 Å². The molecular formula is C49H74ClN2P2Ti. The van der Waals surface area contributed by atoms with Crippen LogP contribution in [0.1, 0.15) is 133 Å². The van der Waals surface area contributed by atoms with Crippen LogP contribution < -0.4 is 23.0 Å². The van der Waals surface area contributed by atoms with Crippen LogP contribution >= 0.6 is 15.8 Å². The minimum Gasteiger partial charge on any atom is -1.00 e. The second kappa shape index (κ2) is 25.7. The summed E-state index contributed by atoms with van der Waals surface area (Å²) in [6.45, 7) is 40.5. The average Bonchev–Trinajstić information content (AvgIpc) is 3.03. The van der Waals surface area contributed by atoms with Crippen LogP contribution in [0.2, 0.25) is 0 Å². The molecule has 4 rings (SSSR count). The van der Waals surface area contributed by atoms with E-state index in [4.69, 9.17) is 10.6 Å². The Morgan fingerprint density at radius 2 is 0.709 bits per heavy atom. The van der Waals surface area contributed by atoms with Gasteiger partial charge in [-0.05, 0) is 88.6 Å². The van der Waals surface area contributed by atoms with Gasteiger partial charge in [0.05, 0.1) is 0 Å². The SMILES string of the molecule is CCCCC.Cc1cc(C)c([N-]c2ccc(C)cc2P(C(C)C)C(C)C)c(C)c1.Cc1cc(C)c([N-]c2ccc(C)cc2P(C(C)C)C(C)C)c(C)c1.[Cl-].[Ti+3]. The topological polar surface area (TPSA) is 28.2 Å². The van der Waals surface area contributed by atoms with Gasteiger partial charge in [0.25, 0.3) is 0 Å². The van der Waals surface area contributed by atoms with Crippen molar-refractivity contribution in [2.24, 2.45) is 0 Å². The zero-order chi connectivity index (χ0) is 40.2. The molecule has 55 heavy (non-hydrogen) atoms. The summed E-state index contributed by atoms with van der Waals surface area (Å²) in [4.78, 5) is 0. The fourth-order valence-corrected chi connectivity index (χ4v) is 13.6. The van der Waals surface area contributed by atoms with Crippen LogP contribution in [0.5, 0.6) is 0 Å². The Bertz CT molecular complexity index is 1560. The normalized spacial score (nSPS) is 10.9. The molecule has 0 saturated carbocycles. The number of nitrogens with zero attached hydrogens (tertiary/aromatic N) is 2. The number of rotatable bonds is 12. The molecule has 0 aliphatic rings. The van der Waals surface area contributed by atoms with Crippen LogP contribution in [0.3, 0.4) is 0 Å².